The first-order chi connectivity index (χ1) is 9.73. The summed E-state index contributed by atoms with van der Waals surface area (Å²) in [4.78, 5) is 12.2. The molecule has 21 heavy (non-hydrogen) atoms. The lowest BCUT2D eigenvalue weighted by atomic mass is 10.1. The summed E-state index contributed by atoms with van der Waals surface area (Å²) >= 11 is 6.47. The topological polar surface area (TPSA) is 83.8 Å². The van der Waals surface area contributed by atoms with Gasteiger partial charge in [-0.15, -0.1) is 11.3 Å². The lowest BCUT2D eigenvalue weighted by Crippen LogP contribution is -2.44. The van der Waals surface area contributed by atoms with Crippen molar-refractivity contribution in [3.05, 3.63) is 20.5 Å². The number of nitro groups is 1. The van der Waals surface area contributed by atoms with Gasteiger partial charge in [0.25, 0.3) is 15.7 Å². The fraction of sp³-hybridized carbons (Fsp3) is 0.636. The van der Waals surface area contributed by atoms with Gasteiger partial charge in [-0.2, -0.15) is 4.31 Å². The predicted molar refractivity (Wildman–Crippen MR) is 81.5 cm³/mol. The molecule has 0 aliphatic carbocycles. The Morgan fingerprint density at radius 1 is 1.43 bits per heavy atom. The lowest BCUT2D eigenvalue weighted by molar-refractivity contribution is -0.384. The second kappa shape index (κ2) is 6.17. The van der Waals surface area contributed by atoms with Gasteiger partial charge in [-0.3, -0.25) is 10.1 Å². The van der Waals surface area contributed by atoms with Gasteiger partial charge in [0.1, 0.15) is 4.21 Å². The maximum absolute atomic E-state index is 12.5. The summed E-state index contributed by atoms with van der Waals surface area (Å²) in [7, 11) is 0.237. The number of hydrogen-bond acceptors (Lipinski definition) is 6. The third kappa shape index (κ3) is 3.37. The van der Waals surface area contributed by atoms with E-state index < -0.39 is 14.9 Å². The van der Waals surface area contributed by atoms with E-state index in [0.29, 0.717) is 19.1 Å². The average molecular weight is 354 g/mol. The Hall–Kier alpha value is -0.740. The first-order valence-electron chi connectivity index (χ1n) is 6.33. The van der Waals surface area contributed by atoms with Crippen molar-refractivity contribution in [3.8, 4) is 0 Å². The van der Waals surface area contributed by atoms with Crippen LogP contribution >= 0.6 is 22.9 Å². The normalized spacial score (nSPS) is 18.3. The minimum absolute atomic E-state index is 0.0671. The van der Waals surface area contributed by atoms with Crippen LogP contribution in [0.2, 0.25) is 4.34 Å². The van der Waals surface area contributed by atoms with Gasteiger partial charge < -0.3 is 4.90 Å². The van der Waals surface area contributed by atoms with Gasteiger partial charge in [0.05, 0.1) is 4.92 Å². The minimum Gasteiger partial charge on any atom is -0.306 e. The molecule has 0 bridgehead atoms. The summed E-state index contributed by atoms with van der Waals surface area (Å²) in [5.41, 5.74) is -0.358. The molecule has 0 saturated carbocycles. The molecule has 0 N–H and O–H groups in total. The Balaban J connectivity index is 2.20. The van der Waals surface area contributed by atoms with Gasteiger partial charge in [0, 0.05) is 25.2 Å². The van der Waals surface area contributed by atoms with Crippen LogP contribution in [-0.4, -0.2) is 55.8 Å². The Morgan fingerprint density at radius 3 is 2.43 bits per heavy atom. The van der Waals surface area contributed by atoms with E-state index in [1.165, 1.54) is 4.31 Å². The third-order valence-electron chi connectivity index (χ3n) is 3.59. The summed E-state index contributed by atoms with van der Waals surface area (Å²) < 4.78 is 26.2. The molecule has 1 fully saturated rings. The van der Waals surface area contributed by atoms with E-state index in [1.54, 1.807) is 0 Å². The summed E-state index contributed by atoms with van der Waals surface area (Å²) in [5, 5.41) is 10.8. The molecule has 7 nitrogen and oxygen atoms in total. The highest BCUT2D eigenvalue weighted by atomic mass is 35.5. The number of nitrogens with zero attached hydrogens (tertiary/aromatic N) is 3. The molecule has 1 saturated heterocycles. The van der Waals surface area contributed by atoms with Crippen molar-refractivity contribution in [2.75, 3.05) is 27.2 Å². The predicted octanol–water partition coefficient (Wildman–Crippen LogP) is 2.02. The number of piperidine rings is 1. The lowest BCUT2D eigenvalue weighted by Gasteiger charge is -2.34. The molecule has 2 heterocycles. The Labute approximate surface area is 132 Å². The molecule has 0 aromatic carbocycles. The van der Waals surface area contributed by atoms with E-state index in [2.05, 4.69) is 4.90 Å². The quantitative estimate of drug-likeness (QED) is 0.610. The van der Waals surface area contributed by atoms with Crippen LogP contribution in [0.5, 0.6) is 0 Å². The van der Waals surface area contributed by atoms with E-state index in [9.17, 15) is 18.5 Å². The number of sulfonamides is 1. The largest absolute Gasteiger partial charge is 0.306 e. The van der Waals surface area contributed by atoms with E-state index in [-0.39, 0.29) is 14.2 Å². The number of rotatable bonds is 4. The molecule has 0 radical (unpaired) electrons. The molecule has 0 unspecified atom stereocenters. The van der Waals surface area contributed by atoms with Crippen LogP contribution in [0, 0.1) is 10.1 Å². The zero-order valence-electron chi connectivity index (χ0n) is 11.7. The van der Waals surface area contributed by atoms with Crippen molar-refractivity contribution in [2.24, 2.45) is 0 Å². The molecular formula is C11H16ClN3O4S2. The van der Waals surface area contributed by atoms with E-state index in [1.807, 2.05) is 14.1 Å². The highest BCUT2D eigenvalue weighted by molar-refractivity contribution is 7.91. The third-order valence-corrected chi connectivity index (χ3v) is 7.28. The van der Waals surface area contributed by atoms with Gasteiger partial charge in [-0.1, -0.05) is 11.6 Å². The molecule has 0 spiro atoms. The Kier molecular flexibility index (Phi) is 4.89. The zero-order valence-corrected chi connectivity index (χ0v) is 14.0. The van der Waals surface area contributed by atoms with Crippen LogP contribution in [0.4, 0.5) is 5.69 Å². The minimum atomic E-state index is -3.70. The van der Waals surface area contributed by atoms with Gasteiger partial charge in [-0.25, -0.2) is 8.42 Å². The monoisotopic (exact) mass is 353 g/mol. The fourth-order valence-corrected chi connectivity index (χ4v) is 5.61. The number of thiophene rings is 1. The SMILES string of the molecule is CN(C)C1CCN(S(=O)(=O)c2cc([N+](=O)[O-])c(Cl)s2)CC1. The second-order valence-electron chi connectivity index (χ2n) is 5.08. The van der Waals surface area contributed by atoms with Crippen molar-refractivity contribution in [1.82, 2.24) is 9.21 Å². The molecular weight excluding hydrogens is 338 g/mol. The Bertz CT molecular complexity index is 636. The Morgan fingerprint density at radius 2 is 2.00 bits per heavy atom. The highest BCUT2D eigenvalue weighted by Crippen LogP contribution is 2.38. The number of hydrogen-bond donors (Lipinski definition) is 0. The van der Waals surface area contributed by atoms with Crippen LogP contribution in [-0.2, 0) is 10.0 Å². The van der Waals surface area contributed by atoms with Crippen LogP contribution in [0.15, 0.2) is 10.3 Å². The molecule has 1 aliphatic heterocycles. The highest BCUT2D eigenvalue weighted by Gasteiger charge is 2.33. The van der Waals surface area contributed by atoms with Crippen molar-refractivity contribution >= 4 is 38.6 Å². The first-order valence-corrected chi connectivity index (χ1v) is 8.97. The maximum atomic E-state index is 12.5. The zero-order chi connectivity index (χ0) is 15.8. The van der Waals surface area contributed by atoms with E-state index in [0.717, 1.165) is 30.2 Å². The van der Waals surface area contributed by atoms with Gasteiger partial charge in [0.15, 0.2) is 4.34 Å². The van der Waals surface area contributed by atoms with Crippen molar-refractivity contribution in [1.29, 1.82) is 0 Å². The summed E-state index contributed by atoms with van der Waals surface area (Å²) in [6.07, 6.45) is 1.49. The summed E-state index contributed by atoms with van der Waals surface area (Å²) in [6, 6.07) is 1.40. The van der Waals surface area contributed by atoms with E-state index >= 15 is 0 Å². The molecule has 1 aromatic rings. The molecule has 1 aliphatic rings. The van der Waals surface area contributed by atoms with E-state index in [4.69, 9.17) is 11.6 Å². The van der Waals surface area contributed by atoms with Crippen LogP contribution in [0.3, 0.4) is 0 Å². The summed E-state index contributed by atoms with van der Waals surface area (Å²) in [6.45, 7) is 0.822. The number of halogens is 1. The van der Waals surface area contributed by atoms with Crippen molar-refractivity contribution in [2.45, 2.75) is 23.1 Å². The molecule has 0 amide bonds. The van der Waals surface area contributed by atoms with Gasteiger partial charge >= 0.3 is 0 Å². The molecule has 10 heteroatoms. The molecule has 0 atom stereocenters. The first kappa shape index (κ1) is 16.6. The molecule has 2 rings (SSSR count). The smallest absolute Gasteiger partial charge is 0.300 e. The fourth-order valence-electron chi connectivity index (χ4n) is 2.32. The standard InChI is InChI=1S/C11H16ClN3O4S2/c1-13(2)8-3-5-14(6-4-8)21(18,19)10-7-9(15(16)17)11(12)20-10/h7-8H,3-6H2,1-2H3. The van der Waals surface area contributed by atoms with Crippen molar-refractivity contribution < 1.29 is 13.3 Å². The van der Waals surface area contributed by atoms with Gasteiger partial charge in [-0.05, 0) is 26.9 Å². The van der Waals surface area contributed by atoms with Crippen LogP contribution < -0.4 is 0 Å². The van der Waals surface area contributed by atoms with Gasteiger partial charge in [0.2, 0.25) is 0 Å². The molecule has 1 aromatic heterocycles. The molecule has 118 valence electrons. The second-order valence-corrected chi connectivity index (χ2v) is 8.90. The van der Waals surface area contributed by atoms with Crippen LogP contribution in [0.1, 0.15) is 12.8 Å². The van der Waals surface area contributed by atoms with Crippen LogP contribution in [0.25, 0.3) is 0 Å². The van der Waals surface area contributed by atoms with Crippen molar-refractivity contribution in [3.63, 3.8) is 0 Å². The average Bonchev–Trinajstić information content (AvgIpc) is 2.82. The maximum Gasteiger partial charge on any atom is 0.300 e. The summed E-state index contributed by atoms with van der Waals surface area (Å²) in [5.74, 6) is 0.